The first-order valence-corrected chi connectivity index (χ1v) is 6.14. The molecule has 1 nitrogen and oxygen atoms in total. The molecule has 21 heavy (non-hydrogen) atoms. The van der Waals surface area contributed by atoms with E-state index in [1.807, 2.05) is 0 Å². The second-order valence-electron chi connectivity index (χ2n) is 5.06. The number of alkyl halides is 6. The maximum atomic E-state index is 12.7. The summed E-state index contributed by atoms with van der Waals surface area (Å²) in [4.78, 5) is 0. The lowest BCUT2D eigenvalue weighted by molar-refractivity contribution is -0.143. The van der Waals surface area contributed by atoms with Crippen molar-refractivity contribution < 1.29 is 26.3 Å². The van der Waals surface area contributed by atoms with E-state index in [1.54, 1.807) is 0 Å². The highest BCUT2D eigenvalue weighted by atomic mass is 35.5. The number of nitrogens with two attached hydrogens (primary N) is 1. The third-order valence-electron chi connectivity index (χ3n) is 3.65. The summed E-state index contributed by atoms with van der Waals surface area (Å²) in [6.45, 7) is 0. The van der Waals surface area contributed by atoms with Crippen LogP contribution in [0.4, 0.5) is 26.3 Å². The van der Waals surface area contributed by atoms with Crippen LogP contribution in [0.3, 0.4) is 0 Å². The SMILES string of the molecule is Cl.N[C@@H](c1cc(C(F)(F)F)cc(C(F)(F)F)c1)C1CCC1. The smallest absolute Gasteiger partial charge is 0.324 e. The Morgan fingerprint density at radius 2 is 1.33 bits per heavy atom. The van der Waals surface area contributed by atoms with Gasteiger partial charge in [-0.2, -0.15) is 26.3 Å². The molecule has 1 aliphatic carbocycles. The van der Waals surface area contributed by atoms with Gasteiger partial charge in [0.1, 0.15) is 0 Å². The van der Waals surface area contributed by atoms with E-state index < -0.39 is 29.5 Å². The van der Waals surface area contributed by atoms with Gasteiger partial charge in [-0.15, -0.1) is 12.4 Å². The Morgan fingerprint density at radius 1 is 0.905 bits per heavy atom. The molecule has 0 aliphatic heterocycles. The van der Waals surface area contributed by atoms with E-state index in [0.717, 1.165) is 31.4 Å². The van der Waals surface area contributed by atoms with E-state index in [2.05, 4.69) is 0 Å². The molecule has 0 radical (unpaired) electrons. The van der Waals surface area contributed by atoms with Gasteiger partial charge in [0.05, 0.1) is 11.1 Å². The molecule has 0 spiro atoms. The van der Waals surface area contributed by atoms with Gasteiger partial charge < -0.3 is 5.73 Å². The van der Waals surface area contributed by atoms with Crippen molar-refractivity contribution in [2.75, 3.05) is 0 Å². The zero-order valence-electron chi connectivity index (χ0n) is 10.8. The van der Waals surface area contributed by atoms with Gasteiger partial charge in [-0.3, -0.25) is 0 Å². The van der Waals surface area contributed by atoms with E-state index in [0.29, 0.717) is 0 Å². The molecule has 1 atom stereocenters. The van der Waals surface area contributed by atoms with Gasteiger partial charge in [-0.1, -0.05) is 6.42 Å². The number of hydrogen-bond acceptors (Lipinski definition) is 1. The van der Waals surface area contributed by atoms with Gasteiger partial charge in [-0.05, 0) is 42.5 Å². The predicted octanol–water partition coefficient (Wildman–Crippen LogP) is 4.95. The second kappa shape index (κ2) is 6.04. The van der Waals surface area contributed by atoms with Crippen LogP contribution in [0.5, 0.6) is 0 Å². The summed E-state index contributed by atoms with van der Waals surface area (Å²) in [6, 6.07) is 0.778. The Hall–Kier alpha value is -0.950. The molecule has 0 saturated heterocycles. The molecule has 0 unspecified atom stereocenters. The predicted molar refractivity (Wildman–Crippen MR) is 68.0 cm³/mol. The lowest BCUT2D eigenvalue weighted by atomic mass is 9.77. The van der Waals surface area contributed by atoms with Crippen molar-refractivity contribution in [1.82, 2.24) is 0 Å². The molecule has 0 bridgehead atoms. The highest BCUT2D eigenvalue weighted by molar-refractivity contribution is 5.85. The maximum Gasteiger partial charge on any atom is 0.416 e. The van der Waals surface area contributed by atoms with Gasteiger partial charge >= 0.3 is 12.4 Å². The molecule has 1 aromatic rings. The average Bonchev–Trinajstić information content (AvgIpc) is 2.23. The summed E-state index contributed by atoms with van der Waals surface area (Å²) in [5, 5.41) is 0. The van der Waals surface area contributed by atoms with Crippen LogP contribution < -0.4 is 5.73 Å². The maximum absolute atomic E-state index is 12.7. The summed E-state index contributed by atoms with van der Waals surface area (Å²) in [5.74, 6) is -0.0421. The molecular weight excluding hydrogens is 320 g/mol. The van der Waals surface area contributed by atoms with Crippen LogP contribution in [0.1, 0.15) is 42.0 Å². The van der Waals surface area contributed by atoms with Crippen LogP contribution >= 0.6 is 12.4 Å². The highest BCUT2D eigenvalue weighted by Gasteiger charge is 2.38. The molecule has 0 aromatic heterocycles. The van der Waals surface area contributed by atoms with E-state index in [4.69, 9.17) is 5.73 Å². The van der Waals surface area contributed by atoms with Crippen LogP contribution in [0, 0.1) is 5.92 Å². The molecule has 0 heterocycles. The van der Waals surface area contributed by atoms with Crippen LogP contribution in [0.2, 0.25) is 0 Å². The average molecular weight is 334 g/mol. The summed E-state index contributed by atoms with van der Waals surface area (Å²) < 4.78 is 76.1. The molecule has 1 saturated carbocycles. The number of rotatable bonds is 2. The minimum absolute atomic E-state index is 0. The van der Waals surface area contributed by atoms with Crippen LogP contribution in [-0.4, -0.2) is 0 Å². The minimum Gasteiger partial charge on any atom is -0.324 e. The van der Waals surface area contributed by atoms with E-state index in [-0.39, 0.29) is 30.0 Å². The molecular formula is C13H14ClF6N. The topological polar surface area (TPSA) is 26.0 Å². The van der Waals surface area contributed by atoms with Gasteiger partial charge in [-0.25, -0.2) is 0 Å². The van der Waals surface area contributed by atoms with Gasteiger partial charge in [0.25, 0.3) is 0 Å². The lowest BCUT2D eigenvalue weighted by Crippen LogP contribution is -2.27. The number of hydrogen-bond donors (Lipinski definition) is 1. The second-order valence-corrected chi connectivity index (χ2v) is 5.06. The summed E-state index contributed by atoms with van der Waals surface area (Å²) >= 11 is 0. The van der Waals surface area contributed by atoms with Crippen molar-refractivity contribution >= 4 is 12.4 Å². The Kier molecular flexibility index (Phi) is 5.21. The normalized spacial score (nSPS) is 17.9. The molecule has 2 N–H and O–H groups in total. The molecule has 0 amide bonds. The molecule has 1 aromatic carbocycles. The fourth-order valence-electron chi connectivity index (χ4n) is 2.24. The minimum atomic E-state index is -4.82. The largest absolute Gasteiger partial charge is 0.416 e. The van der Waals surface area contributed by atoms with Crippen molar-refractivity contribution in [2.24, 2.45) is 11.7 Å². The molecule has 120 valence electrons. The Bertz CT molecular complexity index is 460. The van der Waals surface area contributed by atoms with Crippen molar-refractivity contribution in [2.45, 2.75) is 37.7 Å². The first-order chi connectivity index (χ1) is 9.09. The molecule has 8 heteroatoms. The van der Waals surface area contributed by atoms with Crippen LogP contribution in [0.15, 0.2) is 18.2 Å². The quantitative estimate of drug-likeness (QED) is 0.762. The fraction of sp³-hybridized carbons (Fsp3) is 0.538. The molecule has 2 rings (SSSR count). The Morgan fingerprint density at radius 3 is 1.62 bits per heavy atom. The number of benzene rings is 1. The molecule has 1 fully saturated rings. The first kappa shape index (κ1) is 18.1. The third-order valence-corrected chi connectivity index (χ3v) is 3.65. The monoisotopic (exact) mass is 333 g/mol. The van der Waals surface area contributed by atoms with Crippen molar-refractivity contribution in [3.8, 4) is 0 Å². The third kappa shape index (κ3) is 4.03. The zero-order valence-corrected chi connectivity index (χ0v) is 11.6. The van der Waals surface area contributed by atoms with Crippen LogP contribution in [-0.2, 0) is 12.4 Å². The van der Waals surface area contributed by atoms with Crippen molar-refractivity contribution in [3.63, 3.8) is 0 Å². The summed E-state index contributed by atoms with van der Waals surface area (Å²) in [6.07, 6.45) is -7.27. The van der Waals surface area contributed by atoms with Gasteiger partial charge in [0.15, 0.2) is 0 Å². The van der Waals surface area contributed by atoms with Crippen molar-refractivity contribution in [3.05, 3.63) is 34.9 Å². The standard InChI is InChI=1S/C13H13F6N.ClH/c14-12(15,16)9-4-8(11(20)7-2-1-3-7)5-10(6-9)13(17,18)19;/h4-7,11H,1-3,20H2;1H/t11-;/m1./s1. The highest BCUT2D eigenvalue weighted by Crippen LogP contribution is 2.41. The van der Waals surface area contributed by atoms with Crippen molar-refractivity contribution in [1.29, 1.82) is 0 Å². The van der Waals surface area contributed by atoms with Gasteiger partial charge in [0.2, 0.25) is 0 Å². The van der Waals surface area contributed by atoms with E-state index >= 15 is 0 Å². The van der Waals surface area contributed by atoms with E-state index in [9.17, 15) is 26.3 Å². The fourth-order valence-corrected chi connectivity index (χ4v) is 2.24. The Balaban J connectivity index is 0.00000220. The zero-order chi connectivity index (χ0) is 15.1. The first-order valence-electron chi connectivity index (χ1n) is 6.14. The number of halogens is 7. The Labute approximate surface area is 123 Å². The van der Waals surface area contributed by atoms with E-state index in [1.165, 1.54) is 0 Å². The lowest BCUT2D eigenvalue weighted by Gasteiger charge is -2.32. The summed E-state index contributed by atoms with van der Waals surface area (Å²) in [7, 11) is 0. The van der Waals surface area contributed by atoms with Gasteiger partial charge in [0, 0.05) is 6.04 Å². The molecule has 1 aliphatic rings. The van der Waals surface area contributed by atoms with Crippen LogP contribution in [0.25, 0.3) is 0 Å². The summed E-state index contributed by atoms with van der Waals surface area (Å²) in [5.41, 5.74) is 3.07.